The molecule has 0 aromatic carbocycles. The van der Waals surface area contributed by atoms with E-state index >= 15 is 0 Å². The molecule has 1 aromatic rings. The number of hydrogen-bond donors (Lipinski definition) is 2. The minimum Gasteiger partial charge on any atom is -0.356 e. The molecule has 1 atom stereocenters. The van der Waals surface area contributed by atoms with E-state index in [9.17, 15) is 0 Å². The lowest BCUT2D eigenvalue weighted by Gasteiger charge is -2.29. The summed E-state index contributed by atoms with van der Waals surface area (Å²) in [5.41, 5.74) is 0.204. The largest absolute Gasteiger partial charge is 0.356 e. The number of nitrogens with one attached hydrogen (secondary N) is 2. The summed E-state index contributed by atoms with van der Waals surface area (Å²) >= 11 is 1.87. The second-order valence-corrected chi connectivity index (χ2v) is 8.46. The normalized spacial score (nSPS) is 13.7. The third kappa shape index (κ3) is 9.52. The van der Waals surface area contributed by atoms with Crippen molar-refractivity contribution in [1.82, 2.24) is 15.5 Å². The molecular formula is C17H33IN4S. The zero-order valence-electron chi connectivity index (χ0n) is 15.6. The highest BCUT2D eigenvalue weighted by Crippen LogP contribution is 2.17. The second kappa shape index (κ2) is 10.5. The van der Waals surface area contributed by atoms with Crippen LogP contribution in [0.15, 0.2) is 17.1 Å². The number of aryl methyl sites for hydroxylation is 1. The summed E-state index contributed by atoms with van der Waals surface area (Å²) in [4.78, 5) is 9.35. The average Bonchev–Trinajstić information content (AvgIpc) is 2.78. The fourth-order valence-electron chi connectivity index (χ4n) is 2.61. The van der Waals surface area contributed by atoms with Gasteiger partial charge in [-0.05, 0) is 45.5 Å². The second-order valence-electron chi connectivity index (χ2n) is 7.09. The van der Waals surface area contributed by atoms with E-state index in [-0.39, 0.29) is 29.4 Å². The maximum atomic E-state index is 4.34. The molecule has 1 aromatic heterocycles. The van der Waals surface area contributed by atoms with E-state index in [0.717, 1.165) is 25.5 Å². The van der Waals surface area contributed by atoms with Crippen LogP contribution < -0.4 is 10.6 Å². The van der Waals surface area contributed by atoms with Crippen LogP contribution in [0.2, 0.25) is 0 Å². The Morgan fingerprint density at radius 3 is 2.48 bits per heavy atom. The Balaban J connectivity index is 0.00000484. The Labute approximate surface area is 163 Å². The summed E-state index contributed by atoms with van der Waals surface area (Å²) in [6.45, 7) is 10.8. The van der Waals surface area contributed by atoms with E-state index in [1.165, 1.54) is 9.75 Å². The lowest BCUT2D eigenvalue weighted by molar-refractivity contribution is 0.241. The Morgan fingerprint density at radius 2 is 2.00 bits per heavy atom. The van der Waals surface area contributed by atoms with E-state index in [1.807, 2.05) is 18.4 Å². The molecule has 0 saturated carbocycles. The average molecular weight is 452 g/mol. The van der Waals surface area contributed by atoms with Crippen LogP contribution in [0.1, 0.15) is 30.5 Å². The van der Waals surface area contributed by atoms with Crippen molar-refractivity contribution in [3.05, 3.63) is 21.9 Å². The first-order chi connectivity index (χ1) is 10.2. The molecule has 0 aliphatic carbocycles. The van der Waals surface area contributed by atoms with Gasteiger partial charge in [-0.2, -0.15) is 0 Å². The standard InChI is InChI=1S/C17H32N4S.HI/c1-13(10-15-9-8-14(2)22-15)20-16(18-5)19-11-17(3,4)12-21(6)7;/h8-9,13H,10-12H2,1-7H3,(H2,18,19,20);1H. The van der Waals surface area contributed by atoms with E-state index < -0.39 is 0 Å². The zero-order valence-corrected chi connectivity index (χ0v) is 18.7. The number of rotatable bonds is 7. The highest BCUT2D eigenvalue weighted by atomic mass is 127. The van der Waals surface area contributed by atoms with E-state index in [4.69, 9.17) is 0 Å². The predicted molar refractivity (Wildman–Crippen MR) is 114 cm³/mol. The molecule has 0 radical (unpaired) electrons. The minimum atomic E-state index is 0. The van der Waals surface area contributed by atoms with Crippen LogP contribution in [0.3, 0.4) is 0 Å². The third-order valence-corrected chi connectivity index (χ3v) is 4.41. The van der Waals surface area contributed by atoms with Gasteiger partial charge in [0.15, 0.2) is 5.96 Å². The van der Waals surface area contributed by atoms with Gasteiger partial charge < -0.3 is 15.5 Å². The van der Waals surface area contributed by atoms with Crippen molar-refractivity contribution >= 4 is 41.3 Å². The van der Waals surface area contributed by atoms with Crippen LogP contribution in [0.25, 0.3) is 0 Å². The molecular weight excluding hydrogens is 419 g/mol. The molecule has 0 spiro atoms. The summed E-state index contributed by atoms with van der Waals surface area (Å²) in [6, 6.07) is 4.76. The van der Waals surface area contributed by atoms with Crippen LogP contribution in [0.4, 0.5) is 0 Å². The van der Waals surface area contributed by atoms with Gasteiger partial charge in [0.25, 0.3) is 0 Å². The monoisotopic (exact) mass is 452 g/mol. The number of thiophene rings is 1. The maximum Gasteiger partial charge on any atom is 0.191 e. The first kappa shape index (κ1) is 22.7. The first-order valence-corrected chi connectivity index (χ1v) is 8.71. The van der Waals surface area contributed by atoms with Gasteiger partial charge in [-0.25, -0.2) is 0 Å². The lowest BCUT2D eigenvalue weighted by atomic mass is 9.93. The van der Waals surface area contributed by atoms with Crippen molar-refractivity contribution < 1.29 is 0 Å². The molecule has 134 valence electrons. The molecule has 1 rings (SSSR count). The Bertz CT molecular complexity index is 483. The Kier molecular flexibility index (Phi) is 10.4. The fourth-order valence-corrected chi connectivity index (χ4v) is 3.63. The van der Waals surface area contributed by atoms with Crippen molar-refractivity contribution in [3.63, 3.8) is 0 Å². The summed E-state index contributed by atoms with van der Waals surface area (Å²) < 4.78 is 0. The summed E-state index contributed by atoms with van der Waals surface area (Å²) in [7, 11) is 6.05. The molecule has 1 unspecified atom stereocenters. The number of halogens is 1. The molecule has 0 aliphatic rings. The van der Waals surface area contributed by atoms with Crippen LogP contribution in [-0.2, 0) is 6.42 Å². The fraction of sp³-hybridized carbons (Fsp3) is 0.706. The van der Waals surface area contributed by atoms with Gasteiger partial charge in [-0.15, -0.1) is 35.3 Å². The summed E-state index contributed by atoms with van der Waals surface area (Å²) in [5, 5.41) is 6.93. The molecule has 1 heterocycles. The quantitative estimate of drug-likeness (QED) is 0.379. The van der Waals surface area contributed by atoms with Gasteiger partial charge in [0, 0.05) is 42.4 Å². The molecule has 0 saturated heterocycles. The third-order valence-electron chi connectivity index (χ3n) is 3.39. The maximum absolute atomic E-state index is 4.34. The van der Waals surface area contributed by atoms with Gasteiger partial charge in [0.05, 0.1) is 0 Å². The van der Waals surface area contributed by atoms with Crippen LogP contribution in [-0.4, -0.2) is 51.1 Å². The number of guanidine groups is 1. The first-order valence-electron chi connectivity index (χ1n) is 7.89. The van der Waals surface area contributed by atoms with Crippen LogP contribution >= 0.6 is 35.3 Å². The van der Waals surface area contributed by atoms with Crippen molar-refractivity contribution in [3.8, 4) is 0 Å². The van der Waals surface area contributed by atoms with Crippen molar-refractivity contribution in [1.29, 1.82) is 0 Å². The van der Waals surface area contributed by atoms with Gasteiger partial charge in [-0.3, -0.25) is 4.99 Å². The highest BCUT2D eigenvalue weighted by Gasteiger charge is 2.19. The molecule has 4 nitrogen and oxygen atoms in total. The molecule has 0 bridgehead atoms. The topological polar surface area (TPSA) is 39.7 Å². The molecule has 23 heavy (non-hydrogen) atoms. The summed E-state index contributed by atoms with van der Waals surface area (Å²) in [5.74, 6) is 0.882. The van der Waals surface area contributed by atoms with Crippen LogP contribution in [0, 0.1) is 12.3 Å². The molecule has 0 fully saturated rings. The van der Waals surface area contributed by atoms with E-state index in [0.29, 0.717) is 6.04 Å². The Morgan fingerprint density at radius 1 is 1.35 bits per heavy atom. The van der Waals surface area contributed by atoms with Crippen molar-refractivity contribution in [2.45, 2.75) is 40.2 Å². The Hall–Kier alpha value is -0.340. The van der Waals surface area contributed by atoms with Crippen molar-refractivity contribution in [2.24, 2.45) is 10.4 Å². The zero-order chi connectivity index (χ0) is 16.8. The molecule has 0 aliphatic heterocycles. The molecule has 0 amide bonds. The van der Waals surface area contributed by atoms with Gasteiger partial charge in [0.2, 0.25) is 0 Å². The predicted octanol–water partition coefficient (Wildman–Crippen LogP) is 3.36. The lowest BCUT2D eigenvalue weighted by Crippen LogP contribution is -2.47. The molecule has 2 N–H and O–H groups in total. The van der Waals surface area contributed by atoms with Crippen LogP contribution in [0.5, 0.6) is 0 Å². The highest BCUT2D eigenvalue weighted by molar-refractivity contribution is 14.0. The van der Waals surface area contributed by atoms with Gasteiger partial charge in [0.1, 0.15) is 0 Å². The smallest absolute Gasteiger partial charge is 0.191 e. The van der Waals surface area contributed by atoms with Gasteiger partial charge >= 0.3 is 0 Å². The molecule has 6 heteroatoms. The minimum absolute atomic E-state index is 0. The number of nitrogens with zero attached hydrogens (tertiary/aromatic N) is 2. The number of hydrogen-bond acceptors (Lipinski definition) is 3. The summed E-state index contributed by atoms with van der Waals surface area (Å²) in [6.07, 6.45) is 1.03. The van der Waals surface area contributed by atoms with Crippen molar-refractivity contribution in [2.75, 3.05) is 34.2 Å². The van der Waals surface area contributed by atoms with E-state index in [2.05, 4.69) is 74.4 Å². The van der Waals surface area contributed by atoms with E-state index in [1.54, 1.807) is 0 Å². The number of aliphatic imine (C=N–C) groups is 1. The van der Waals surface area contributed by atoms with Gasteiger partial charge in [-0.1, -0.05) is 13.8 Å². The SMILES string of the molecule is CN=C(NCC(C)(C)CN(C)C)NC(C)Cc1ccc(C)s1.I.